The maximum atomic E-state index is 12.6. The number of para-hydroxylation sites is 2. The Morgan fingerprint density at radius 3 is 2.77 bits per heavy atom. The molecule has 0 aliphatic rings. The summed E-state index contributed by atoms with van der Waals surface area (Å²) in [6.45, 7) is 0. The van der Waals surface area contributed by atoms with E-state index < -0.39 is 0 Å². The number of methoxy groups -OCH3 is 1. The molecule has 5 heteroatoms. The molecule has 0 atom stereocenters. The number of nitrogens with zero attached hydrogens (tertiary/aromatic N) is 1. The maximum Gasteiger partial charge on any atom is 0.256 e. The Kier molecular flexibility index (Phi) is 3.94. The largest absolute Gasteiger partial charge is 0.493 e. The monoisotopic (exact) mass is 312 g/mol. The number of halogens is 1. The minimum Gasteiger partial charge on any atom is -0.493 e. The third-order valence-electron chi connectivity index (χ3n) is 3.31. The third kappa shape index (κ3) is 2.61. The highest BCUT2D eigenvalue weighted by molar-refractivity contribution is 6.32. The first kappa shape index (κ1) is 14.4. The lowest BCUT2D eigenvalue weighted by atomic mass is 10.1. The van der Waals surface area contributed by atoms with Gasteiger partial charge < -0.3 is 10.1 Å². The van der Waals surface area contributed by atoms with Crippen molar-refractivity contribution in [1.29, 1.82) is 0 Å². The molecule has 1 N–H and O–H groups in total. The molecule has 0 unspecified atom stereocenters. The molecule has 1 amide bonds. The number of hydrogen-bond acceptors (Lipinski definition) is 3. The van der Waals surface area contributed by atoms with E-state index in [0.29, 0.717) is 22.0 Å². The van der Waals surface area contributed by atoms with E-state index in [2.05, 4.69) is 10.3 Å². The van der Waals surface area contributed by atoms with Gasteiger partial charge in [-0.3, -0.25) is 9.78 Å². The van der Waals surface area contributed by atoms with Crippen LogP contribution in [-0.2, 0) is 0 Å². The van der Waals surface area contributed by atoms with E-state index in [9.17, 15) is 4.79 Å². The van der Waals surface area contributed by atoms with Crippen LogP contribution in [0, 0.1) is 0 Å². The summed E-state index contributed by atoms with van der Waals surface area (Å²) >= 11 is 6.07. The number of anilines is 1. The number of rotatable bonds is 3. The van der Waals surface area contributed by atoms with Crippen LogP contribution in [0.15, 0.2) is 54.7 Å². The van der Waals surface area contributed by atoms with E-state index in [1.165, 1.54) is 7.11 Å². The molecule has 2 aromatic carbocycles. The van der Waals surface area contributed by atoms with Crippen molar-refractivity contribution < 1.29 is 9.53 Å². The lowest BCUT2D eigenvalue weighted by molar-refractivity contribution is 0.102. The van der Waals surface area contributed by atoms with Gasteiger partial charge >= 0.3 is 0 Å². The zero-order valence-electron chi connectivity index (χ0n) is 11.8. The number of aromatic nitrogens is 1. The number of amides is 1. The van der Waals surface area contributed by atoms with Gasteiger partial charge in [0.15, 0.2) is 5.75 Å². The molecule has 0 spiro atoms. The van der Waals surface area contributed by atoms with Crippen LogP contribution in [0.25, 0.3) is 10.9 Å². The summed E-state index contributed by atoms with van der Waals surface area (Å²) in [5, 5.41) is 4.07. The Balaban J connectivity index is 2.00. The second kappa shape index (κ2) is 6.03. The van der Waals surface area contributed by atoms with Crippen molar-refractivity contribution in [3.8, 4) is 5.75 Å². The van der Waals surface area contributed by atoms with Crippen LogP contribution in [0.1, 0.15) is 10.4 Å². The Bertz CT molecular complexity index is 844. The smallest absolute Gasteiger partial charge is 0.256 e. The highest BCUT2D eigenvalue weighted by Crippen LogP contribution is 2.33. The number of fused-ring (bicyclic) bond motifs is 1. The van der Waals surface area contributed by atoms with Gasteiger partial charge in [-0.25, -0.2) is 0 Å². The van der Waals surface area contributed by atoms with Crippen LogP contribution in [0.5, 0.6) is 5.75 Å². The molecule has 0 saturated carbocycles. The summed E-state index contributed by atoms with van der Waals surface area (Å²) in [7, 11) is 1.51. The number of benzene rings is 2. The second-order valence-electron chi connectivity index (χ2n) is 4.65. The Hall–Kier alpha value is -2.59. The van der Waals surface area contributed by atoms with Crippen molar-refractivity contribution >= 4 is 34.1 Å². The number of ether oxygens (including phenoxy) is 1. The average molecular weight is 313 g/mol. The van der Waals surface area contributed by atoms with Gasteiger partial charge in [0.05, 0.1) is 28.9 Å². The highest BCUT2D eigenvalue weighted by atomic mass is 35.5. The van der Waals surface area contributed by atoms with Crippen LogP contribution in [0.2, 0.25) is 5.02 Å². The van der Waals surface area contributed by atoms with Crippen molar-refractivity contribution in [2.75, 3.05) is 12.4 Å². The Labute approximate surface area is 132 Å². The maximum absolute atomic E-state index is 12.6. The van der Waals surface area contributed by atoms with Crippen molar-refractivity contribution in [3.63, 3.8) is 0 Å². The highest BCUT2D eigenvalue weighted by Gasteiger charge is 2.14. The average Bonchev–Trinajstić information content (AvgIpc) is 2.54. The first-order valence-corrected chi connectivity index (χ1v) is 7.06. The Morgan fingerprint density at radius 2 is 1.95 bits per heavy atom. The summed E-state index contributed by atoms with van der Waals surface area (Å²) < 4.78 is 5.24. The van der Waals surface area contributed by atoms with Crippen LogP contribution >= 0.6 is 11.6 Å². The molecule has 3 aromatic rings. The zero-order chi connectivity index (χ0) is 15.5. The predicted molar refractivity (Wildman–Crippen MR) is 87.7 cm³/mol. The number of carbonyl (C=O) groups is 1. The molecule has 4 nitrogen and oxygen atoms in total. The standard InChI is InChI=1S/C17H13ClN2O2/c1-22-16-13(18)6-4-8-15(16)20-17(21)12-9-10-19-14-7-3-2-5-11(12)14/h2-10H,1H3,(H,20,21). The molecule has 0 bridgehead atoms. The second-order valence-corrected chi connectivity index (χ2v) is 5.06. The number of hydrogen-bond donors (Lipinski definition) is 1. The van der Waals surface area contributed by atoms with E-state index in [1.807, 2.05) is 24.3 Å². The van der Waals surface area contributed by atoms with Gasteiger partial charge in [-0.05, 0) is 24.3 Å². The number of nitrogens with one attached hydrogen (secondary N) is 1. The van der Waals surface area contributed by atoms with Crippen molar-refractivity contribution in [1.82, 2.24) is 4.98 Å². The first-order valence-electron chi connectivity index (χ1n) is 6.68. The van der Waals surface area contributed by atoms with Gasteiger partial charge in [-0.15, -0.1) is 0 Å². The van der Waals surface area contributed by atoms with Crippen molar-refractivity contribution in [3.05, 3.63) is 65.3 Å². The molecule has 22 heavy (non-hydrogen) atoms. The number of carbonyl (C=O) groups excluding carboxylic acids is 1. The fourth-order valence-corrected chi connectivity index (χ4v) is 2.55. The fraction of sp³-hybridized carbons (Fsp3) is 0.0588. The summed E-state index contributed by atoms with van der Waals surface area (Å²) in [5.41, 5.74) is 1.85. The molecule has 0 aliphatic carbocycles. The summed E-state index contributed by atoms with van der Waals surface area (Å²) in [4.78, 5) is 16.8. The van der Waals surface area contributed by atoms with Crippen LogP contribution < -0.4 is 10.1 Å². The van der Waals surface area contributed by atoms with E-state index in [0.717, 1.165) is 10.9 Å². The lowest BCUT2D eigenvalue weighted by Gasteiger charge is -2.12. The molecule has 1 aromatic heterocycles. The van der Waals surface area contributed by atoms with E-state index in [4.69, 9.17) is 16.3 Å². The van der Waals surface area contributed by atoms with Crippen molar-refractivity contribution in [2.45, 2.75) is 0 Å². The molecule has 0 aliphatic heterocycles. The van der Waals surface area contributed by atoms with Crippen LogP contribution in [0.3, 0.4) is 0 Å². The molecule has 0 radical (unpaired) electrons. The van der Waals surface area contributed by atoms with Gasteiger partial charge in [-0.2, -0.15) is 0 Å². The summed E-state index contributed by atoms with van der Waals surface area (Å²) in [6, 6.07) is 14.4. The predicted octanol–water partition coefficient (Wildman–Crippen LogP) is 4.15. The van der Waals surface area contributed by atoms with Gasteiger partial charge in [0.2, 0.25) is 0 Å². The van der Waals surface area contributed by atoms with Crippen LogP contribution in [-0.4, -0.2) is 18.0 Å². The zero-order valence-corrected chi connectivity index (χ0v) is 12.6. The van der Waals surface area contributed by atoms with Crippen LogP contribution in [0.4, 0.5) is 5.69 Å². The minimum atomic E-state index is -0.237. The SMILES string of the molecule is COc1c(Cl)cccc1NC(=O)c1ccnc2ccccc12. The third-order valence-corrected chi connectivity index (χ3v) is 3.61. The van der Waals surface area contributed by atoms with E-state index in [1.54, 1.807) is 30.5 Å². The fourth-order valence-electron chi connectivity index (χ4n) is 2.30. The molecule has 0 saturated heterocycles. The molecule has 3 rings (SSSR count). The topological polar surface area (TPSA) is 51.2 Å². The molecule has 0 fully saturated rings. The van der Waals surface area contributed by atoms with Gasteiger partial charge in [0.25, 0.3) is 5.91 Å². The molecular formula is C17H13ClN2O2. The molecular weight excluding hydrogens is 300 g/mol. The molecule has 1 heterocycles. The minimum absolute atomic E-state index is 0.237. The van der Waals surface area contributed by atoms with Crippen molar-refractivity contribution in [2.24, 2.45) is 0 Å². The quantitative estimate of drug-likeness (QED) is 0.790. The summed E-state index contributed by atoms with van der Waals surface area (Å²) in [5.74, 6) is 0.204. The normalized spacial score (nSPS) is 10.5. The lowest BCUT2D eigenvalue weighted by Crippen LogP contribution is -2.13. The summed E-state index contributed by atoms with van der Waals surface area (Å²) in [6.07, 6.45) is 1.62. The molecule has 110 valence electrons. The van der Waals surface area contributed by atoms with E-state index >= 15 is 0 Å². The van der Waals surface area contributed by atoms with Gasteiger partial charge in [0, 0.05) is 11.6 Å². The van der Waals surface area contributed by atoms with E-state index in [-0.39, 0.29) is 5.91 Å². The Morgan fingerprint density at radius 1 is 1.14 bits per heavy atom. The number of pyridine rings is 1. The van der Waals surface area contributed by atoms with Gasteiger partial charge in [0.1, 0.15) is 0 Å². The first-order chi connectivity index (χ1) is 10.7. The van der Waals surface area contributed by atoms with Gasteiger partial charge in [-0.1, -0.05) is 35.9 Å².